The summed E-state index contributed by atoms with van der Waals surface area (Å²) in [5.41, 5.74) is 3.34. The van der Waals surface area contributed by atoms with Crippen LogP contribution in [0.15, 0.2) is 53.7 Å². The zero-order valence-electron chi connectivity index (χ0n) is 26.5. The Kier molecular flexibility index (Phi) is 9.55. The lowest BCUT2D eigenvalue weighted by molar-refractivity contribution is 0.114. The van der Waals surface area contributed by atoms with E-state index in [9.17, 15) is 4.79 Å². The van der Waals surface area contributed by atoms with Gasteiger partial charge >= 0.3 is 0 Å². The molecule has 45 heavy (non-hydrogen) atoms. The Balaban J connectivity index is 1.31. The van der Waals surface area contributed by atoms with Crippen LogP contribution in [0.5, 0.6) is 5.75 Å². The molecule has 0 atom stereocenters. The van der Waals surface area contributed by atoms with Crippen molar-refractivity contribution in [2.45, 2.75) is 70.9 Å². The minimum atomic E-state index is -0.203. The van der Waals surface area contributed by atoms with Gasteiger partial charge in [-0.15, -0.1) is 0 Å². The van der Waals surface area contributed by atoms with Crippen LogP contribution in [0.1, 0.15) is 75.2 Å². The number of ether oxygens (including phenoxy) is 1. The normalized spacial score (nSPS) is 16.0. The molecule has 6 rings (SSSR count). The summed E-state index contributed by atoms with van der Waals surface area (Å²) in [6.07, 6.45) is 12.1. The van der Waals surface area contributed by atoms with Gasteiger partial charge in [0.25, 0.3) is 5.56 Å². The van der Waals surface area contributed by atoms with Gasteiger partial charge in [0.1, 0.15) is 17.5 Å². The summed E-state index contributed by atoms with van der Waals surface area (Å²) in [7, 11) is 2.15. The maximum absolute atomic E-state index is 14.0. The van der Waals surface area contributed by atoms with Crippen LogP contribution in [0.2, 0.25) is 0 Å². The third-order valence-corrected chi connectivity index (χ3v) is 8.87. The zero-order chi connectivity index (χ0) is 31.2. The molecule has 0 radical (unpaired) electrons. The molecule has 1 aliphatic heterocycles. The largest absolute Gasteiger partial charge is 0.490 e. The second-order valence-electron chi connectivity index (χ2n) is 12.0. The van der Waals surface area contributed by atoms with Crippen molar-refractivity contribution in [1.82, 2.24) is 34.3 Å². The fourth-order valence-corrected chi connectivity index (χ4v) is 6.21. The molecule has 1 aliphatic carbocycles. The Morgan fingerprint density at radius 3 is 2.47 bits per heavy atom. The van der Waals surface area contributed by atoms with Gasteiger partial charge < -0.3 is 19.9 Å². The van der Waals surface area contributed by atoms with Crippen molar-refractivity contribution < 1.29 is 4.74 Å². The number of aromatic nitrogens is 5. The van der Waals surface area contributed by atoms with E-state index in [2.05, 4.69) is 34.2 Å². The minimum Gasteiger partial charge on any atom is -0.490 e. The van der Waals surface area contributed by atoms with Gasteiger partial charge in [0, 0.05) is 67.8 Å². The van der Waals surface area contributed by atoms with Crippen molar-refractivity contribution in [3.63, 3.8) is 0 Å². The number of nitrogens with zero attached hydrogens (tertiary/aromatic N) is 7. The monoisotopic (exact) mass is 606 g/mol. The van der Waals surface area contributed by atoms with Gasteiger partial charge in [0.05, 0.1) is 23.5 Å². The van der Waals surface area contributed by atoms with Crippen molar-refractivity contribution in [2.75, 3.05) is 38.5 Å². The van der Waals surface area contributed by atoms with Crippen LogP contribution < -0.4 is 15.6 Å². The Bertz CT molecular complexity index is 1730. The standard InChI is InChI=1S/C35H42N8O2/c1-4-42(5-2)21-14-26-22-27-23-38-35(39-28-10-12-29(13-11-28)45-30-15-19-41(3)20-16-30)40-33(27)43(34(26)44)24-31-32(37-18-17-36-31)25-8-6-7-9-25/h10-13,17-18,22-23,25,30H,4-9,15-16,19-20,24H2,1-3H3,(H,38,39,40). The van der Waals surface area contributed by atoms with Crippen molar-refractivity contribution in [3.8, 4) is 17.7 Å². The highest BCUT2D eigenvalue weighted by Gasteiger charge is 2.23. The first kappa shape index (κ1) is 30.5. The van der Waals surface area contributed by atoms with E-state index >= 15 is 0 Å². The predicted octanol–water partition coefficient (Wildman–Crippen LogP) is 5.15. The van der Waals surface area contributed by atoms with Gasteiger partial charge in [-0.2, -0.15) is 4.98 Å². The molecule has 1 aromatic carbocycles. The van der Waals surface area contributed by atoms with Crippen LogP contribution in [-0.2, 0) is 6.54 Å². The van der Waals surface area contributed by atoms with E-state index < -0.39 is 0 Å². The van der Waals surface area contributed by atoms with E-state index in [-0.39, 0.29) is 18.2 Å². The molecule has 1 saturated carbocycles. The highest BCUT2D eigenvalue weighted by molar-refractivity contribution is 5.77. The predicted molar refractivity (Wildman–Crippen MR) is 177 cm³/mol. The van der Waals surface area contributed by atoms with Crippen LogP contribution >= 0.6 is 0 Å². The summed E-state index contributed by atoms with van der Waals surface area (Å²) >= 11 is 0. The van der Waals surface area contributed by atoms with Gasteiger partial charge in [-0.1, -0.05) is 12.8 Å². The summed E-state index contributed by atoms with van der Waals surface area (Å²) in [4.78, 5) is 37.2. The number of anilines is 2. The number of piperidine rings is 1. The van der Waals surface area contributed by atoms with E-state index in [4.69, 9.17) is 19.7 Å². The molecule has 234 valence electrons. The highest BCUT2D eigenvalue weighted by Crippen LogP contribution is 2.34. The number of fused-ring (bicyclic) bond motifs is 1. The quantitative estimate of drug-likeness (QED) is 0.205. The Morgan fingerprint density at radius 1 is 1.00 bits per heavy atom. The molecular weight excluding hydrogens is 564 g/mol. The number of rotatable bonds is 9. The molecule has 0 bridgehead atoms. The Morgan fingerprint density at radius 2 is 1.73 bits per heavy atom. The molecule has 0 unspecified atom stereocenters. The summed E-state index contributed by atoms with van der Waals surface area (Å²) in [6, 6.07) is 12.8. The third-order valence-electron chi connectivity index (χ3n) is 8.87. The van der Waals surface area contributed by atoms with Crippen molar-refractivity contribution in [3.05, 3.63) is 76.2 Å². The highest BCUT2D eigenvalue weighted by atomic mass is 16.5. The topological polar surface area (TPSA) is 101 Å². The molecule has 1 N–H and O–H groups in total. The van der Waals surface area contributed by atoms with Crippen molar-refractivity contribution >= 4 is 22.7 Å². The number of pyridine rings is 1. The van der Waals surface area contributed by atoms with Crippen molar-refractivity contribution in [1.29, 1.82) is 0 Å². The first-order valence-electron chi connectivity index (χ1n) is 16.2. The zero-order valence-corrected chi connectivity index (χ0v) is 26.5. The van der Waals surface area contributed by atoms with Crippen LogP contribution in [0.3, 0.4) is 0 Å². The van der Waals surface area contributed by atoms with Gasteiger partial charge in [0.15, 0.2) is 0 Å². The van der Waals surface area contributed by atoms with Gasteiger partial charge in [-0.05, 0) is 82.8 Å². The SMILES string of the molecule is CCN(C#Cc1cc2cnc(Nc3ccc(OC4CCN(C)CC4)cc3)nc2n(Cc2nccnc2C2CCCC2)c1=O)CC. The second-order valence-corrected chi connectivity index (χ2v) is 12.0. The molecule has 2 fully saturated rings. The molecule has 10 nitrogen and oxygen atoms in total. The smallest absolute Gasteiger partial charge is 0.268 e. The van der Waals surface area contributed by atoms with Gasteiger partial charge in [0.2, 0.25) is 5.95 Å². The first-order chi connectivity index (χ1) is 22.0. The Labute approximate surface area is 264 Å². The number of likely N-dealkylation sites (tertiary alicyclic amines) is 1. The van der Waals surface area contributed by atoms with E-state index in [1.54, 1.807) is 29.2 Å². The summed E-state index contributed by atoms with van der Waals surface area (Å²) < 4.78 is 7.89. The summed E-state index contributed by atoms with van der Waals surface area (Å²) in [5, 5.41) is 4.04. The van der Waals surface area contributed by atoms with Gasteiger partial charge in [-0.25, -0.2) is 4.98 Å². The molecular formula is C35H42N8O2. The molecule has 2 aliphatic rings. The molecule has 0 spiro atoms. The number of hydrogen-bond acceptors (Lipinski definition) is 9. The second kappa shape index (κ2) is 14.1. The molecule has 3 aromatic heterocycles. The van der Waals surface area contributed by atoms with Gasteiger partial charge in [-0.3, -0.25) is 19.3 Å². The number of benzene rings is 1. The third kappa shape index (κ3) is 7.26. The average Bonchev–Trinajstić information content (AvgIpc) is 3.61. The van der Waals surface area contributed by atoms with E-state index in [1.807, 2.05) is 43.0 Å². The van der Waals surface area contributed by atoms with Crippen LogP contribution in [0, 0.1) is 12.0 Å². The lowest BCUT2D eigenvalue weighted by Gasteiger charge is -2.29. The van der Waals surface area contributed by atoms with E-state index in [0.29, 0.717) is 23.1 Å². The molecule has 0 amide bonds. The molecule has 1 saturated heterocycles. The fraction of sp³-hybridized carbons (Fsp3) is 0.457. The minimum absolute atomic E-state index is 0.203. The lowest BCUT2D eigenvalue weighted by Crippen LogP contribution is -2.35. The van der Waals surface area contributed by atoms with E-state index in [1.165, 1.54) is 12.8 Å². The average molecular weight is 607 g/mol. The Hall–Kier alpha value is -4.49. The lowest BCUT2D eigenvalue weighted by atomic mass is 10.0. The summed E-state index contributed by atoms with van der Waals surface area (Å²) in [5.74, 6) is 4.73. The maximum Gasteiger partial charge on any atom is 0.268 e. The van der Waals surface area contributed by atoms with E-state index in [0.717, 1.165) is 80.1 Å². The number of hydrogen-bond donors (Lipinski definition) is 1. The molecule has 4 aromatic rings. The molecule has 4 heterocycles. The van der Waals surface area contributed by atoms with Crippen molar-refractivity contribution in [2.24, 2.45) is 0 Å². The van der Waals surface area contributed by atoms with Crippen LogP contribution in [0.25, 0.3) is 11.0 Å². The van der Waals surface area contributed by atoms with Crippen LogP contribution in [-0.4, -0.2) is 73.6 Å². The number of nitrogens with one attached hydrogen (secondary N) is 1. The maximum atomic E-state index is 14.0. The summed E-state index contributed by atoms with van der Waals surface area (Å²) in [6.45, 7) is 8.02. The molecule has 10 heteroatoms. The fourth-order valence-electron chi connectivity index (χ4n) is 6.21. The first-order valence-corrected chi connectivity index (χ1v) is 16.2. The van der Waals surface area contributed by atoms with Crippen LogP contribution in [0.4, 0.5) is 11.6 Å².